The van der Waals surface area contributed by atoms with Crippen molar-refractivity contribution >= 4 is 22.7 Å². The number of amides is 2. The first-order chi connectivity index (χ1) is 19.5. The second-order valence-corrected chi connectivity index (χ2v) is 11.3. The molecule has 7 heteroatoms. The minimum absolute atomic E-state index is 0.0149. The molecule has 1 aromatic heterocycles. The molecule has 0 aliphatic carbocycles. The number of rotatable bonds is 5. The van der Waals surface area contributed by atoms with Crippen LogP contribution in [0.1, 0.15) is 73.1 Å². The summed E-state index contributed by atoms with van der Waals surface area (Å²) in [5.74, 6) is 0.843. The van der Waals surface area contributed by atoms with Gasteiger partial charge in [0.2, 0.25) is 0 Å². The van der Waals surface area contributed by atoms with Gasteiger partial charge in [-0.1, -0.05) is 50.1 Å². The molecule has 1 atom stereocenters. The molecule has 1 unspecified atom stereocenters. The number of aryl methyl sites for hydroxylation is 3. The first-order valence-corrected chi connectivity index (χ1v) is 15.0. The lowest BCUT2D eigenvalue weighted by Gasteiger charge is -2.44. The number of aromatic amines is 1. The maximum atomic E-state index is 14.3. The number of fused-ring (bicyclic) bond motifs is 2. The fraction of sp³-hybridized carbons (Fsp3) is 0.515. The Kier molecular flexibility index (Phi) is 8.79. The zero-order valence-corrected chi connectivity index (χ0v) is 24.3. The van der Waals surface area contributed by atoms with Gasteiger partial charge in [-0.15, -0.1) is 0 Å². The number of hydrogen-bond acceptors (Lipinski definition) is 4. The maximum absolute atomic E-state index is 14.3. The summed E-state index contributed by atoms with van der Waals surface area (Å²) in [6.45, 7) is 8.95. The molecule has 1 saturated heterocycles. The molecule has 2 aliphatic rings. The van der Waals surface area contributed by atoms with Gasteiger partial charge in [0, 0.05) is 24.0 Å². The molecule has 3 heterocycles. The fourth-order valence-electron chi connectivity index (χ4n) is 6.21. The van der Waals surface area contributed by atoms with E-state index >= 15 is 0 Å². The largest absolute Gasteiger partial charge is 0.491 e. The molecule has 2 amide bonds. The number of para-hydroxylation sites is 1. The molecule has 0 bridgehead atoms. The third-order valence-corrected chi connectivity index (χ3v) is 8.43. The van der Waals surface area contributed by atoms with Crippen molar-refractivity contribution in [2.24, 2.45) is 0 Å². The van der Waals surface area contributed by atoms with Gasteiger partial charge < -0.3 is 24.3 Å². The molecule has 1 spiro atoms. The lowest BCUT2D eigenvalue weighted by atomic mass is 9.90. The van der Waals surface area contributed by atoms with E-state index in [4.69, 9.17) is 9.47 Å². The van der Waals surface area contributed by atoms with E-state index < -0.39 is 5.60 Å². The van der Waals surface area contributed by atoms with E-state index in [0.29, 0.717) is 45.0 Å². The summed E-state index contributed by atoms with van der Waals surface area (Å²) >= 11 is 0. The summed E-state index contributed by atoms with van der Waals surface area (Å²) in [5, 5.41) is 1.10. The fourth-order valence-corrected chi connectivity index (χ4v) is 6.21. The zero-order chi connectivity index (χ0) is 28.1. The highest BCUT2D eigenvalue weighted by atomic mass is 16.5. The number of morpholine rings is 1. The standard InChI is InChI=1S/C33H43N3O4/c1-4-6-17-35-18-20-39-29-13-8-7-11-25(29)12-9-10-16-33(32(35)38)23-36(19-21-40-33)31(37)30-26(5-2)27-22-24(3)14-15-28(27)34-30/h7-8,11,13-15,22,34H,4-6,9-10,12,16-21,23H2,1-3H3. The Labute approximate surface area is 237 Å². The SMILES string of the molecule is CCCCN1CCOc2ccccc2CCCCC2(CN(C(=O)c3[nH]c4ccc(C)cc4c3CC)CCO2)C1=O. The number of ether oxygens (including phenoxy) is 2. The van der Waals surface area contributed by atoms with E-state index in [1.54, 1.807) is 0 Å². The minimum Gasteiger partial charge on any atom is -0.491 e. The molecule has 3 aromatic rings. The van der Waals surface area contributed by atoms with Crippen LogP contribution >= 0.6 is 0 Å². The van der Waals surface area contributed by atoms with E-state index in [1.807, 2.05) is 28.0 Å². The average molecular weight is 546 g/mol. The van der Waals surface area contributed by atoms with Crippen molar-refractivity contribution in [1.82, 2.24) is 14.8 Å². The third kappa shape index (κ3) is 5.75. The van der Waals surface area contributed by atoms with Gasteiger partial charge in [0.25, 0.3) is 11.8 Å². The van der Waals surface area contributed by atoms with Gasteiger partial charge in [-0.3, -0.25) is 9.59 Å². The van der Waals surface area contributed by atoms with Crippen LogP contribution in [0.15, 0.2) is 42.5 Å². The Hall–Kier alpha value is -3.32. The Morgan fingerprint density at radius 1 is 1.07 bits per heavy atom. The monoisotopic (exact) mass is 545 g/mol. The Morgan fingerprint density at radius 3 is 2.75 bits per heavy atom. The van der Waals surface area contributed by atoms with E-state index in [0.717, 1.165) is 60.7 Å². The van der Waals surface area contributed by atoms with Crippen LogP contribution in [0, 0.1) is 6.92 Å². The van der Waals surface area contributed by atoms with Gasteiger partial charge in [0.1, 0.15) is 18.1 Å². The highest BCUT2D eigenvalue weighted by Gasteiger charge is 2.47. The van der Waals surface area contributed by atoms with E-state index in [9.17, 15) is 9.59 Å². The number of hydrogen-bond donors (Lipinski definition) is 1. The van der Waals surface area contributed by atoms with Crippen molar-refractivity contribution in [3.8, 4) is 5.75 Å². The second-order valence-electron chi connectivity index (χ2n) is 11.3. The molecular weight excluding hydrogens is 502 g/mol. The molecule has 7 nitrogen and oxygen atoms in total. The Morgan fingerprint density at radius 2 is 1.93 bits per heavy atom. The second kappa shape index (κ2) is 12.5. The van der Waals surface area contributed by atoms with Crippen LogP contribution in [-0.4, -0.2) is 71.6 Å². The highest BCUT2D eigenvalue weighted by Crippen LogP contribution is 2.32. The van der Waals surface area contributed by atoms with Gasteiger partial charge in [-0.25, -0.2) is 0 Å². The smallest absolute Gasteiger partial charge is 0.270 e. The molecule has 2 aliphatic heterocycles. The maximum Gasteiger partial charge on any atom is 0.270 e. The summed E-state index contributed by atoms with van der Waals surface area (Å²) in [4.78, 5) is 35.5. The molecule has 0 radical (unpaired) electrons. The lowest BCUT2D eigenvalue weighted by Crippen LogP contribution is -2.62. The predicted octanol–water partition coefficient (Wildman–Crippen LogP) is 5.68. The van der Waals surface area contributed by atoms with E-state index in [1.165, 1.54) is 11.1 Å². The molecule has 214 valence electrons. The number of aromatic nitrogens is 1. The number of carbonyl (C=O) groups is 2. The van der Waals surface area contributed by atoms with Crippen LogP contribution in [0.3, 0.4) is 0 Å². The predicted molar refractivity (Wildman–Crippen MR) is 158 cm³/mol. The summed E-state index contributed by atoms with van der Waals surface area (Å²) in [5.41, 5.74) is 3.97. The van der Waals surface area contributed by atoms with Crippen LogP contribution in [-0.2, 0) is 22.4 Å². The van der Waals surface area contributed by atoms with Crippen molar-refractivity contribution in [2.75, 3.05) is 39.4 Å². The highest BCUT2D eigenvalue weighted by molar-refractivity contribution is 6.01. The van der Waals surface area contributed by atoms with Crippen molar-refractivity contribution in [2.45, 2.75) is 71.3 Å². The van der Waals surface area contributed by atoms with Crippen LogP contribution in [0.5, 0.6) is 5.75 Å². The van der Waals surface area contributed by atoms with Crippen LogP contribution < -0.4 is 4.74 Å². The molecule has 5 rings (SSSR count). The quantitative estimate of drug-likeness (QED) is 0.447. The number of unbranched alkanes of at least 4 members (excludes halogenated alkanes) is 1. The summed E-state index contributed by atoms with van der Waals surface area (Å²) in [6, 6.07) is 14.4. The lowest BCUT2D eigenvalue weighted by molar-refractivity contribution is -0.170. The van der Waals surface area contributed by atoms with E-state index in [-0.39, 0.29) is 18.4 Å². The number of carbonyl (C=O) groups excluding carboxylic acids is 2. The summed E-state index contributed by atoms with van der Waals surface area (Å²) in [6.07, 6.45) is 5.88. The Bertz CT molecular complexity index is 1350. The van der Waals surface area contributed by atoms with Crippen LogP contribution in [0.4, 0.5) is 0 Å². The number of nitrogens with zero attached hydrogens (tertiary/aromatic N) is 2. The van der Waals surface area contributed by atoms with Gasteiger partial charge in [-0.2, -0.15) is 0 Å². The van der Waals surface area contributed by atoms with Gasteiger partial charge in [-0.05, 0) is 74.8 Å². The zero-order valence-electron chi connectivity index (χ0n) is 24.3. The van der Waals surface area contributed by atoms with Crippen molar-refractivity contribution in [1.29, 1.82) is 0 Å². The van der Waals surface area contributed by atoms with Gasteiger partial charge in [0.05, 0.1) is 19.7 Å². The van der Waals surface area contributed by atoms with Gasteiger partial charge >= 0.3 is 0 Å². The van der Waals surface area contributed by atoms with Crippen LogP contribution in [0.25, 0.3) is 10.9 Å². The Balaban J connectivity index is 1.43. The summed E-state index contributed by atoms with van der Waals surface area (Å²) in [7, 11) is 0. The van der Waals surface area contributed by atoms with Crippen LogP contribution in [0.2, 0.25) is 0 Å². The minimum atomic E-state index is -1.05. The van der Waals surface area contributed by atoms with E-state index in [2.05, 4.69) is 50.0 Å². The van der Waals surface area contributed by atoms with Crippen molar-refractivity contribution in [3.63, 3.8) is 0 Å². The average Bonchev–Trinajstić information content (AvgIpc) is 3.34. The molecule has 1 fully saturated rings. The number of nitrogens with one attached hydrogen (secondary N) is 1. The summed E-state index contributed by atoms with van der Waals surface area (Å²) < 4.78 is 12.6. The number of H-pyrrole nitrogens is 1. The molecular formula is C33H43N3O4. The normalized spacial score (nSPS) is 20.6. The number of benzene rings is 2. The first kappa shape index (κ1) is 28.2. The van der Waals surface area contributed by atoms with Crippen molar-refractivity contribution in [3.05, 3.63) is 64.8 Å². The molecule has 0 saturated carbocycles. The molecule has 2 aromatic carbocycles. The van der Waals surface area contributed by atoms with Gasteiger partial charge in [0.15, 0.2) is 5.60 Å². The third-order valence-electron chi connectivity index (χ3n) is 8.43. The topological polar surface area (TPSA) is 74.9 Å². The molecule has 40 heavy (non-hydrogen) atoms. The molecule has 1 N–H and O–H groups in total. The first-order valence-electron chi connectivity index (χ1n) is 15.0. The van der Waals surface area contributed by atoms with Crippen molar-refractivity contribution < 1.29 is 19.1 Å².